The van der Waals surface area contributed by atoms with Crippen LogP contribution in [0.15, 0.2) is 35.3 Å². The largest absolute Gasteiger partial charge is 0.481 e. The van der Waals surface area contributed by atoms with Gasteiger partial charge in [0.15, 0.2) is 11.2 Å². The summed E-state index contributed by atoms with van der Waals surface area (Å²) in [5, 5.41) is 30.8. The zero-order valence-corrected chi connectivity index (χ0v) is 18.9. The number of fused-ring (bicyclic) bond motifs is 1. The second-order valence-corrected chi connectivity index (χ2v) is 7.73. The average molecular weight is 498 g/mol. The summed E-state index contributed by atoms with van der Waals surface area (Å²) in [5.41, 5.74) is 5.96. The minimum atomic E-state index is -1.36. The van der Waals surface area contributed by atoms with Crippen molar-refractivity contribution in [2.75, 3.05) is 10.6 Å². The van der Waals surface area contributed by atoms with Gasteiger partial charge in [-0.05, 0) is 44.0 Å². The van der Waals surface area contributed by atoms with Crippen LogP contribution >= 0.6 is 0 Å². The van der Waals surface area contributed by atoms with E-state index < -0.39 is 42.1 Å². The van der Waals surface area contributed by atoms with E-state index in [4.69, 9.17) is 10.8 Å². The maximum absolute atomic E-state index is 12.5. The summed E-state index contributed by atoms with van der Waals surface area (Å²) in [4.78, 5) is 62.8. The number of hydrogen-bond donors (Lipinski definition) is 6. The van der Waals surface area contributed by atoms with Gasteiger partial charge in [-0.2, -0.15) is 4.98 Å². The van der Waals surface area contributed by atoms with E-state index in [0.717, 1.165) is 0 Å². The summed E-state index contributed by atoms with van der Waals surface area (Å²) in [6.45, 7) is 3.74. The van der Waals surface area contributed by atoms with Gasteiger partial charge in [-0.1, -0.05) is 0 Å². The molecule has 0 saturated heterocycles. The van der Waals surface area contributed by atoms with Crippen molar-refractivity contribution in [3.63, 3.8) is 0 Å². The van der Waals surface area contributed by atoms with Crippen molar-refractivity contribution in [3.05, 3.63) is 59.0 Å². The number of aliphatic carboxylic acids is 2. The van der Waals surface area contributed by atoms with Crippen LogP contribution in [-0.4, -0.2) is 65.4 Å². The Bertz CT molecular complexity index is 1330. The maximum atomic E-state index is 12.5. The van der Waals surface area contributed by atoms with Crippen LogP contribution in [0.25, 0.3) is 11.2 Å². The molecule has 2 aromatic heterocycles. The number of nitrogens with one attached hydrogen (secondary N) is 2. The molecule has 2 atom stereocenters. The fourth-order valence-corrected chi connectivity index (χ4v) is 3.32. The van der Waals surface area contributed by atoms with Crippen molar-refractivity contribution in [2.24, 2.45) is 0 Å². The molecule has 0 aliphatic heterocycles. The quantitative estimate of drug-likeness (QED) is 0.190. The lowest BCUT2D eigenvalue weighted by molar-refractivity contribution is -0.140. The first-order valence-corrected chi connectivity index (χ1v) is 10.7. The van der Waals surface area contributed by atoms with Crippen LogP contribution in [0.2, 0.25) is 0 Å². The van der Waals surface area contributed by atoms with E-state index in [1.807, 2.05) is 0 Å². The maximum Gasteiger partial charge on any atom is 0.326 e. The van der Waals surface area contributed by atoms with Crippen LogP contribution in [0.1, 0.15) is 35.3 Å². The number of carbonyl (C=O) groups is 3. The number of hydrogen-bond acceptors (Lipinski definition) is 10. The standard InChI is InChI=1S/C22H24N7O7/c1-2-15(30)29(10-12-9-24-18-17(25-12)20(34)28-22(23)27-18)13-5-3-11(4-6-13)19(33)26-14(21(35)36)7-8-16(31)32/h3-6,9,14-15,30H,1-2,7-8,10H2,(H,26,33)(H,31,32)(H,35,36)(H3,23,24,27,28,34)/t14-,15?/m0/s1. The molecule has 1 unspecified atom stereocenters. The van der Waals surface area contributed by atoms with E-state index in [1.165, 1.54) is 35.4 Å². The molecule has 1 aromatic carbocycles. The van der Waals surface area contributed by atoms with Crippen molar-refractivity contribution in [2.45, 2.75) is 38.1 Å². The molecule has 0 saturated carbocycles. The van der Waals surface area contributed by atoms with Crippen LogP contribution < -0.4 is 21.5 Å². The second kappa shape index (κ2) is 11.2. The Kier molecular flexibility index (Phi) is 8.11. The van der Waals surface area contributed by atoms with Gasteiger partial charge in [-0.25, -0.2) is 14.8 Å². The lowest BCUT2D eigenvalue weighted by Crippen LogP contribution is -2.41. The third kappa shape index (κ3) is 6.29. The fraction of sp³-hybridized carbons (Fsp3) is 0.273. The molecule has 0 bridgehead atoms. The van der Waals surface area contributed by atoms with E-state index in [-0.39, 0.29) is 42.1 Å². The van der Waals surface area contributed by atoms with Crippen molar-refractivity contribution >= 4 is 40.6 Å². The van der Waals surface area contributed by atoms with Gasteiger partial charge in [0.2, 0.25) is 5.95 Å². The van der Waals surface area contributed by atoms with Gasteiger partial charge < -0.3 is 36.3 Å². The summed E-state index contributed by atoms with van der Waals surface area (Å²) in [7, 11) is 0. The highest BCUT2D eigenvalue weighted by Crippen LogP contribution is 2.21. The van der Waals surface area contributed by atoms with E-state index in [1.54, 1.807) is 0 Å². The summed E-state index contributed by atoms with van der Waals surface area (Å²) in [6, 6.07) is 4.55. The number of aromatic nitrogens is 4. The van der Waals surface area contributed by atoms with Crippen molar-refractivity contribution < 1.29 is 29.7 Å². The smallest absolute Gasteiger partial charge is 0.326 e. The summed E-state index contributed by atoms with van der Waals surface area (Å²) in [6.07, 6.45) is -0.217. The minimum absolute atomic E-state index is 0.0198. The van der Waals surface area contributed by atoms with Crippen LogP contribution in [0, 0.1) is 6.92 Å². The number of H-pyrrole nitrogens is 1. The van der Waals surface area contributed by atoms with Gasteiger partial charge in [-0.3, -0.25) is 14.4 Å². The number of anilines is 2. The van der Waals surface area contributed by atoms with Gasteiger partial charge in [0, 0.05) is 17.7 Å². The molecule has 189 valence electrons. The molecule has 7 N–H and O–H groups in total. The second-order valence-electron chi connectivity index (χ2n) is 7.73. The topological polar surface area (TPSA) is 225 Å². The van der Waals surface area contributed by atoms with Crippen molar-refractivity contribution in [3.8, 4) is 0 Å². The Morgan fingerprint density at radius 1 is 1.17 bits per heavy atom. The zero-order chi connectivity index (χ0) is 26.4. The Morgan fingerprint density at radius 3 is 2.47 bits per heavy atom. The van der Waals surface area contributed by atoms with Crippen LogP contribution in [-0.2, 0) is 16.1 Å². The lowest BCUT2D eigenvalue weighted by Gasteiger charge is -2.29. The Morgan fingerprint density at radius 2 is 1.86 bits per heavy atom. The number of nitrogens with zero attached hydrogens (tertiary/aromatic N) is 4. The van der Waals surface area contributed by atoms with Crippen molar-refractivity contribution in [1.82, 2.24) is 25.3 Å². The number of benzene rings is 1. The summed E-state index contributed by atoms with van der Waals surface area (Å²) < 4.78 is 0. The number of aliphatic hydroxyl groups excluding tert-OH is 1. The van der Waals surface area contributed by atoms with E-state index in [9.17, 15) is 29.4 Å². The number of rotatable bonds is 11. The molecule has 14 nitrogen and oxygen atoms in total. The van der Waals surface area contributed by atoms with Crippen LogP contribution in [0.4, 0.5) is 11.6 Å². The third-order valence-corrected chi connectivity index (χ3v) is 5.16. The summed E-state index contributed by atoms with van der Waals surface area (Å²) >= 11 is 0. The number of aromatic amines is 1. The highest BCUT2D eigenvalue weighted by molar-refractivity contribution is 5.97. The molecular weight excluding hydrogens is 474 g/mol. The monoisotopic (exact) mass is 498 g/mol. The average Bonchev–Trinajstić information content (AvgIpc) is 2.84. The molecule has 14 heteroatoms. The zero-order valence-electron chi connectivity index (χ0n) is 18.9. The Balaban J connectivity index is 1.80. The van der Waals surface area contributed by atoms with Gasteiger partial charge in [0.05, 0.1) is 18.4 Å². The first-order valence-electron chi connectivity index (χ1n) is 10.7. The third-order valence-electron chi connectivity index (χ3n) is 5.16. The van der Waals surface area contributed by atoms with Gasteiger partial charge in [0.25, 0.3) is 5.91 Å². The molecule has 2 heterocycles. The SMILES string of the molecule is [CH2]CC(O)N(Cc1cnc2[nH]c(N)nc(=O)c2n1)c1ccc(C(=O)N[C@@H](CCC(=O)O)C(=O)O)cc1. The Labute approximate surface area is 203 Å². The van der Waals surface area contributed by atoms with Crippen molar-refractivity contribution in [1.29, 1.82) is 0 Å². The molecular formula is C22H24N7O7. The van der Waals surface area contributed by atoms with Gasteiger partial charge in [-0.15, -0.1) is 0 Å². The molecule has 0 aliphatic carbocycles. The van der Waals surface area contributed by atoms with Crippen LogP contribution in [0.5, 0.6) is 0 Å². The molecule has 36 heavy (non-hydrogen) atoms. The van der Waals surface area contributed by atoms with E-state index >= 15 is 0 Å². The number of carboxylic acid groups (broad SMARTS) is 2. The number of amides is 1. The number of nitrogen functional groups attached to an aromatic ring is 1. The highest BCUT2D eigenvalue weighted by atomic mass is 16.4. The first-order chi connectivity index (χ1) is 17.1. The first kappa shape index (κ1) is 26.0. The van der Waals surface area contributed by atoms with Crippen LogP contribution in [0.3, 0.4) is 0 Å². The molecule has 0 fully saturated rings. The molecule has 1 amide bonds. The fourth-order valence-electron chi connectivity index (χ4n) is 3.32. The molecule has 0 spiro atoms. The van der Waals surface area contributed by atoms with Gasteiger partial charge >= 0.3 is 17.5 Å². The van der Waals surface area contributed by atoms with E-state index in [2.05, 4.69) is 32.2 Å². The van der Waals surface area contributed by atoms with Gasteiger partial charge in [0.1, 0.15) is 12.3 Å². The number of carboxylic acids is 2. The summed E-state index contributed by atoms with van der Waals surface area (Å²) in [5.74, 6) is -3.32. The highest BCUT2D eigenvalue weighted by Gasteiger charge is 2.22. The lowest BCUT2D eigenvalue weighted by atomic mass is 10.1. The number of carbonyl (C=O) groups excluding carboxylic acids is 1. The predicted molar refractivity (Wildman–Crippen MR) is 127 cm³/mol. The number of aliphatic hydroxyl groups is 1. The minimum Gasteiger partial charge on any atom is -0.481 e. The predicted octanol–water partition coefficient (Wildman–Crippen LogP) is -0.108. The number of nitrogens with two attached hydrogens (primary N) is 1. The molecule has 0 aliphatic rings. The normalized spacial score (nSPS) is 12.6. The molecule has 3 rings (SSSR count). The van der Waals surface area contributed by atoms with E-state index in [0.29, 0.717) is 11.4 Å². The molecule has 3 aromatic rings. The molecule has 1 radical (unpaired) electrons. The Hall–Kier alpha value is -4.59.